The van der Waals surface area contributed by atoms with Crippen molar-refractivity contribution in [3.05, 3.63) is 29.3 Å². The Balaban J connectivity index is 1.47. The molecule has 1 saturated heterocycles. The number of piperidine rings is 1. The number of methoxy groups -OCH3 is 1. The highest BCUT2D eigenvalue weighted by atomic mass is 16.5. The summed E-state index contributed by atoms with van der Waals surface area (Å²) in [6.45, 7) is 3.44. The largest absolute Gasteiger partial charge is 0.493 e. The zero-order valence-corrected chi connectivity index (χ0v) is 22.4. The minimum absolute atomic E-state index is 0.00854. The zero-order valence-electron chi connectivity index (χ0n) is 22.4. The molecule has 0 bridgehead atoms. The Labute approximate surface area is 217 Å². The first-order chi connectivity index (χ1) is 17.5. The number of carbonyl (C=O) groups excluding carboxylic acids is 1. The highest BCUT2D eigenvalue weighted by molar-refractivity contribution is 5.74. The maximum atomic E-state index is 13.4. The van der Waals surface area contributed by atoms with Gasteiger partial charge in [0, 0.05) is 57.3 Å². The second-order valence-corrected chi connectivity index (χ2v) is 11.1. The van der Waals surface area contributed by atoms with Gasteiger partial charge in [-0.15, -0.1) is 0 Å². The van der Waals surface area contributed by atoms with Crippen molar-refractivity contribution in [2.75, 3.05) is 47.0 Å². The molecule has 3 aliphatic rings. The Hall–Kier alpha value is -1.83. The molecule has 202 valence electrons. The molecular weight excluding hydrogens is 454 g/mol. The lowest BCUT2D eigenvalue weighted by Gasteiger charge is -2.43. The van der Waals surface area contributed by atoms with Crippen LogP contribution in [0.15, 0.2) is 18.2 Å². The fourth-order valence-corrected chi connectivity index (χ4v) is 6.66. The van der Waals surface area contributed by atoms with E-state index in [1.165, 1.54) is 31.2 Å². The summed E-state index contributed by atoms with van der Waals surface area (Å²) < 4.78 is 11.3. The van der Waals surface area contributed by atoms with Gasteiger partial charge in [0.2, 0.25) is 0 Å². The van der Waals surface area contributed by atoms with Gasteiger partial charge in [0.25, 0.3) is 0 Å². The van der Waals surface area contributed by atoms with E-state index >= 15 is 0 Å². The van der Waals surface area contributed by atoms with Crippen molar-refractivity contribution in [1.29, 1.82) is 0 Å². The van der Waals surface area contributed by atoms with Gasteiger partial charge in [-0.1, -0.05) is 43.9 Å². The first kappa shape index (κ1) is 27.2. The van der Waals surface area contributed by atoms with Crippen LogP contribution in [0.25, 0.3) is 0 Å². The average Bonchev–Trinajstić information content (AvgIpc) is 3.58. The van der Waals surface area contributed by atoms with Crippen molar-refractivity contribution in [3.8, 4) is 5.75 Å². The van der Waals surface area contributed by atoms with Crippen molar-refractivity contribution < 1.29 is 19.4 Å². The van der Waals surface area contributed by atoms with Crippen molar-refractivity contribution in [3.63, 3.8) is 0 Å². The summed E-state index contributed by atoms with van der Waals surface area (Å²) in [4.78, 5) is 15.4. The molecule has 0 spiro atoms. The van der Waals surface area contributed by atoms with Crippen LogP contribution in [0.3, 0.4) is 0 Å². The molecule has 0 aromatic heterocycles. The third kappa shape index (κ3) is 6.53. The fraction of sp³-hybridized carbons (Fsp3) is 0.759. The number of nitrogens with zero attached hydrogens (tertiary/aromatic N) is 1. The zero-order chi connectivity index (χ0) is 25.4. The predicted octanol–water partition coefficient (Wildman–Crippen LogP) is 4.22. The number of carbonyl (C=O) groups is 1. The smallest absolute Gasteiger partial charge is 0.317 e. The molecule has 0 radical (unpaired) electrons. The van der Waals surface area contributed by atoms with Crippen LogP contribution in [0.1, 0.15) is 75.3 Å². The van der Waals surface area contributed by atoms with Gasteiger partial charge < -0.3 is 30.1 Å². The number of para-hydroxylation sites is 1. The van der Waals surface area contributed by atoms with Gasteiger partial charge in [-0.05, 0) is 57.1 Å². The Morgan fingerprint density at radius 2 is 2.08 bits per heavy atom. The van der Waals surface area contributed by atoms with Gasteiger partial charge >= 0.3 is 6.03 Å². The molecule has 1 saturated carbocycles. The van der Waals surface area contributed by atoms with Crippen molar-refractivity contribution in [2.45, 2.75) is 82.3 Å². The predicted molar refractivity (Wildman–Crippen MR) is 142 cm³/mol. The average molecular weight is 502 g/mol. The summed E-state index contributed by atoms with van der Waals surface area (Å²) in [5.41, 5.74) is 1.04. The first-order valence-corrected chi connectivity index (χ1v) is 14.2. The highest BCUT2D eigenvalue weighted by Crippen LogP contribution is 2.45. The van der Waals surface area contributed by atoms with Gasteiger partial charge in [0.1, 0.15) is 5.75 Å². The van der Waals surface area contributed by atoms with Crippen LogP contribution >= 0.6 is 0 Å². The summed E-state index contributed by atoms with van der Waals surface area (Å²) in [5.74, 6) is 1.54. The number of fused-ring (bicyclic) bond motifs is 1. The molecule has 4 rings (SSSR count). The van der Waals surface area contributed by atoms with Gasteiger partial charge in [0.15, 0.2) is 0 Å². The van der Waals surface area contributed by atoms with Gasteiger partial charge in [-0.25, -0.2) is 4.79 Å². The SMILES string of the molecule is CNCC(CC1CCCC1)NC(=O)N1CCCC(C(O)(CCCCOC)c2cccc3c2OCC3)C1. The topological polar surface area (TPSA) is 83.1 Å². The van der Waals surface area contributed by atoms with Crippen molar-refractivity contribution >= 4 is 6.03 Å². The molecule has 7 heteroatoms. The maximum absolute atomic E-state index is 13.4. The Bertz CT molecular complexity index is 844. The molecule has 3 unspecified atom stereocenters. The number of nitrogens with one attached hydrogen (secondary N) is 2. The molecule has 7 nitrogen and oxygen atoms in total. The van der Waals surface area contributed by atoms with E-state index in [1.807, 2.05) is 24.1 Å². The molecule has 2 heterocycles. The fourth-order valence-electron chi connectivity index (χ4n) is 6.66. The molecule has 3 atom stereocenters. The standard InChI is InChI=1S/C29H47N3O4/c1-30-20-25(19-22-9-3-4-10-22)31-28(33)32-16-8-12-24(21-32)29(34,15-5-6-17-35-2)26-13-7-11-23-14-18-36-27(23)26/h7,11,13,22,24-25,30,34H,3-6,8-10,12,14-21H2,1-2H3,(H,31,33). The lowest BCUT2D eigenvalue weighted by molar-refractivity contribution is -0.0577. The van der Waals surface area contributed by atoms with Crippen molar-refractivity contribution in [1.82, 2.24) is 15.5 Å². The number of aliphatic hydroxyl groups is 1. The van der Waals surface area contributed by atoms with E-state index in [9.17, 15) is 9.90 Å². The van der Waals surface area contributed by atoms with Gasteiger partial charge in [-0.2, -0.15) is 0 Å². The Morgan fingerprint density at radius 3 is 2.86 bits per heavy atom. The summed E-state index contributed by atoms with van der Waals surface area (Å²) >= 11 is 0. The normalized spacial score (nSPS) is 22.6. The minimum Gasteiger partial charge on any atom is -0.493 e. The lowest BCUT2D eigenvalue weighted by Crippen LogP contribution is -2.54. The van der Waals surface area contributed by atoms with E-state index < -0.39 is 5.60 Å². The quantitative estimate of drug-likeness (QED) is 0.374. The highest BCUT2D eigenvalue weighted by Gasteiger charge is 2.44. The monoisotopic (exact) mass is 501 g/mol. The molecule has 2 aliphatic heterocycles. The van der Waals surface area contributed by atoms with Crippen LogP contribution in [0.2, 0.25) is 0 Å². The van der Waals surface area contributed by atoms with E-state index in [0.717, 1.165) is 68.8 Å². The lowest BCUT2D eigenvalue weighted by atomic mass is 9.73. The van der Waals surface area contributed by atoms with E-state index in [2.05, 4.69) is 16.7 Å². The number of amides is 2. The van der Waals surface area contributed by atoms with Crippen LogP contribution in [0, 0.1) is 11.8 Å². The van der Waals surface area contributed by atoms with E-state index in [0.29, 0.717) is 26.2 Å². The summed E-state index contributed by atoms with van der Waals surface area (Å²) in [6.07, 6.45) is 11.3. The molecule has 1 aliphatic carbocycles. The van der Waals surface area contributed by atoms with Gasteiger partial charge in [-0.3, -0.25) is 0 Å². The minimum atomic E-state index is -1.03. The second-order valence-electron chi connectivity index (χ2n) is 11.1. The van der Waals surface area contributed by atoms with Crippen LogP contribution in [-0.4, -0.2) is 69.1 Å². The number of likely N-dealkylation sites (tertiary alicyclic amines) is 1. The molecule has 1 aromatic rings. The summed E-state index contributed by atoms with van der Waals surface area (Å²) in [5, 5.41) is 18.9. The Morgan fingerprint density at radius 1 is 1.25 bits per heavy atom. The maximum Gasteiger partial charge on any atom is 0.317 e. The second kappa shape index (κ2) is 13.1. The number of hydrogen-bond donors (Lipinski definition) is 3. The number of likely N-dealkylation sites (N-methyl/N-ethyl adjacent to an activating group) is 1. The van der Waals surface area contributed by atoms with Crippen LogP contribution in [0.5, 0.6) is 5.75 Å². The van der Waals surface area contributed by atoms with Crippen LogP contribution in [-0.2, 0) is 16.8 Å². The molecule has 2 fully saturated rings. The van der Waals surface area contributed by atoms with Crippen molar-refractivity contribution in [2.24, 2.45) is 11.8 Å². The molecule has 3 N–H and O–H groups in total. The number of rotatable bonds is 12. The van der Waals surface area contributed by atoms with Crippen LogP contribution in [0.4, 0.5) is 4.79 Å². The molecular formula is C29H47N3O4. The van der Waals surface area contributed by atoms with Crippen LogP contribution < -0.4 is 15.4 Å². The van der Waals surface area contributed by atoms with Gasteiger partial charge in [0.05, 0.1) is 12.2 Å². The third-order valence-electron chi connectivity index (χ3n) is 8.59. The molecule has 36 heavy (non-hydrogen) atoms. The number of ether oxygens (including phenoxy) is 2. The first-order valence-electron chi connectivity index (χ1n) is 14.2. The summed E-state index contributed by atoms with van der Waals surface area (Å²) in [7, 11) is 3.67. The molecule has 1 aromatic carbocycles. The third-order valence-corrected chi connectivity index (χ3v) is 8.59. The number of benzene rings is 1. The Kier molecular flexibility index (Phi) is 9.91. The molecule has 2 amide bonds. The van der Waals surface area contributed by atoms with E-state index in [1.54, 1.807) is 7.11 Å². The number of urea groups is 1. The number of unbranched alkanes of at least 4 members (excludes halogenated alkanes) is 1. The van der Waals surface area contributed by atoms with E-state index in [4.69, 9.17) is 9.47 Å². The number of hydrogen-bond acceptors (Lipinski definition) is 5. The summed E-state index contributed by atoms with van der Waals surface area (Å²) in [6, 6.07) is 6.33. The van der Waals surface area contributed by atoms with E-state index in [-0.39, 0.29) is 18.0 Å².